The number of hydrogen-bond donors (Lipinski definition) is 1. The molecule has 1 aliphatic heterocycles. The van der Waals surface area contributed by atoms with E-state index < -0.39 is 0 Å². The Morgan fingerprint density at radius 3 is 2.08 bits per heavy atom. The summed E-state index contributed by atoms with van der Waals surface area (Å²) < 4.78 is 2.20. The van der Waals surface area contributed by atoms with Crippen LogP contribution in [0.1, 0.15) is 0 Å². The van der Waals surface area contributed by atoms with Crippen molar-refractivity contribution in [3.63, 3.8) is 0 Å². The summed E-state index contributed by atoms with van der Waals surface area (Å²) in [5.74, 6) is 0.931. The van der Waals surface area contributed by atoms with Gasteiger partial charge in [0.15, 0.2) is 0 Å². The molecule has 0 saturated heterocycles. The van der Waals surface area contributed by atoms with E-state index in [1.54, 1.807) is 6.07 Å². The molecule has 0 bridgehead atoms. The summed E-state index contributed by atoms with van der Waals surface area (Å²) in [5, 5.41) is 11.3. The fraction of sp³-hybridized carbons (Fsp3) is 0. The summed E-state index contributed by atoms with van der Waals surface area (Å²) in [6.07, 6.45) is 1.82. The molecule has 0 aliphatic carbocycles. The Bertz CT molecular complexity index is 2070. The maximum Gasteiger partial charge on any atom is 0.150 e. The van der Waals surface area contributed by atoms with Crippen LogP contribution in [0.4, 0.5) is 0 Å². The molecule has 40 heavy (non-hydrogen) atoms. The fourth-order valence-electron chi connectivity index (χ4n) is 5.97. The smallest absolute Gasteiger partial charge is 0.150 e. The van der Waals surface area contributed by atoms with E-state index >= 15 is 0 Å². The summed E-state index contributed by atoms with van der Waals surface area (Å²) in [5.41, 5.74) is 12.0. The van der Waals surface area contributed by atoms with Gasteiger partial charge in [-0.25, -0.2) is 4.98 Å². The van der Waals surface area contributed by atoms with Crippen molar-refractivity contribution in [3.8, 4) is 67.5 Å². The molecule has 0 fully saturated rings. The van der Waals surface area contributed by atoms with Crippen LogP contribution < -0.4 is 0 Å². The van der Waals surface area contributed by atoms with Crippen molar-refractivity contribution in [1.29, 1.82) is 0 Å². The average Bonchev–Trinajstić information content (AvgIpc) is 3.39. The van der Waals surface area contributed by atoms with Crippen LogP contribution in [0.3, 0.4) is 0 Å². The minimum atomic E-state index is 0.210. The van der Waals surface area contributed by atoms with Gasteiger partial charge in [-0.15, -0.1) is 0 Å². The Balaban J connectivity index is 1.47. The van der Waals surface area contributed by atoms with Gasteiger partial charge in [0.25, 0.3) is 0 Å². The van der Waals surface area contributed by atoms with Gasteiger partial charge in [0.2, 0.25) is 0 Å². The molecule has 3 heterocycles. The number of fused-ring (bicyclic) bond motifs is 10. The number of para-hydroxylation sites is 2. The molecule has 4 nitrogen and oxygen atoms in total. The normalized spacial score (nSPS) is 11.6. The monoisotopic (exact) mass is 513 g/mol. The predicted octanol–water partition coefficient (Wildman–Crippen LogP) is 8.77. The van der Waals surface area contributed by atoms with Crippen molar-refractivity contribution in [1.82, 2.24) is 14.5 Å². The summed E-state index contributed by atoms with van der Waals surface area (Å²) in [6, 6.07) is 43.3. The topological polar surface area (TPSA) is 50.9 Å². The molecule has 0 unspecified atom stereocenters. The minimum Gasteiger partial charge on any atom is -0.507 e. The van der Waals surface area contributed by atoms with Gasteiger partial charge in [-0.2, -0.15) is 0 Å². The Morgan fingerprint density at radius 1 is 0.550 bits per heavy atom. The molecule has 0 radical (unpaired) electrons. The van der Waals surface area contributed by atoms with E-state index in [4.69, 9.17) is 4.98 Å². The van der Waals surface area contributed by atoms with Crippen LogP contribution in [0.25, 0.3) is 72.7 Å². The van der Waals surface area contributed by atoms with Crippen molar-refractivity contribution < 1.29 is 5.11 Å². The molecule has 7 aromatic rings. The molecule has 5 aromatic carbocycles. The number of imidazole rings is 1. The van der Waals surface area contributed by atoms with Gasteiger partial charge in [-0.05, 0) is 58.7 Å². The highest BCUT2D eigenvalue weighted by Gasteiger charge is 2.27. The third-order valence-corrected chi connectivity index (χ3v) is 7.74. The van der Waals surface area contributed by atoms with E-state index in [-0.39, 0.29) is 5.75 Å². The lowest BCUT2D eigenvalue weighted by Gasteiger charge is -2.22. The number of aromatic nitrogens is 3. The first-order valence-electron chi connectivity index (χ1n) is 13.3. The quantitative estimate of drug-likeness (QED) is 0.251. The maximum absolute atomic E-state index is 11.3. The van der Waals surface area contributed by atoms with Gasteiger partial charge < -0.3 is 5.11 Å². The number of rotatable bonds is 2. The molecular formula is C36H23N3O. The van der Waals surface area contributed by atoms with Gasteiger partial charge in [0.05, 0.1) is 28.0 Å². The molecule has 2 aromatic heterocycles. The van der Waals surface area contributed by atoms with E-state index in [9.17, 15) is 5.11 Å². The molecule has 4 heteroatoms. The van der Waals surface area contributed by atoms with Gasteiger partial charge >= 0.3 is 0 Å². The Kier molecular flexibility index (Phi) is 4.94. The van der Waals surface area contributed by atoms with E-state index in [0.29, 0.717) is 0 Å². The standard InChI is InChI=1S/C36H23N3O/c40-33-20-9-16-29-27-13-2-1-12-26(27)28-14-3-4-18-31(28)39-32-19-8-15-25(35(32)38-36(39)34(29)33)23-10-7-11-24(22-23)30-17-5-6-21-37-30/h1-22,40H. The van der Waals surface area contributed by atoms with Crippen molar-refractivity contribution in [2.24, 2.45) is 0 Å². The van der Waals surface area contributed by atoms with Crippen LogP contribution in [0, 0.1) is 0 Å². The number of hydrogen-bond acceptors (Lipinski definition) is 3. The lowest BCUT2D eigenvalue weighted by molar-refractivity contribution is 0.477. The largest absolute Gasteiger partial charge is 0.507 e. The zero-order chi connectivity index (χ0) is 26.6. The first-order valence-corrected chi connectivity index (χ1v) is 13.3. The zero-order valence-corrected chi connectivity index (χ0v) is 21.5. The Labute approximate surface area is 231 Å². The third kappa shape index (κ3) is 3.33. The van der Waals surface area contributed by atoms with Crippen LogP contribution >= 0.6 is 0 Å². The number of phenolic OH excluding ortho intramolecular Hbond substituents is 1. The lowest BCUT2D eigenvalue weighted by Crippen LogP contribution is -2.04. The summed E-state index contributed by atoms with van der Waals surface area (Å²) in [7, 11) is 0. The van der Waals surface area contributed by atoms with Crippen molar-refractivity contribution in [3.05, 3.63) is 134 Å². The third-order valence-electron chi connectivity index (χ3n) is 7.74. The van der Waals surface area contributed by atoms with Gasteiger partial charge in [0.1, 0.15) is 11.6 Å². The Morgan fingerprint density at radius 2 is 1.23 bits per heavy atom. The van der Waals surface area contributed by atoms with Crippen LogP contribution in [-0.4, -0.2) is 19.6 Å². The first kappa shape index (κ1) is 22.5. The number of aromatic hydroxyl groups is 1. The molecule has 8 rings (SSSR count). The Hall–Kier alpha value is -5.48. The molecule has 0 atom stereocenters. The maximum atomic E-state index is 11.3. The molecule has 0 spiro atoms. The van der Waals surface area contributed by atoms with E-state index in [0.717, 1.165) is 72.7 Å². The highest BCUT2D eigenvalue weighted by Crippen LogP contribution is 2.48. The number of benzene rings is 5. The highest BCUT2D eigenvalue weighted by molar-refractivity contribution is 6.02. The highest BCUT2D eigenvalue weighted by atomic mass is 16.3. The van der Waals surface area contributed by atoms with Crippen LogP contribution in [-0.2, 0) is 0 Å². The van der Waals surface area contributed by atoms with Gasteiger partial charge in [0, 0.05) is 22.9 Å². The van der Waals surface area contributed by atoms with Gasteiger partial charge in [-0.3, -0.25) is 9.55 Å². The van der Waals surface area contributed by atoms with Crippen molar-refractivity contribution >= 4 is 11.0 Å². The minimum absolute atomic E-state index is 0.210. The number of phenols is 1. The average molecular weight is 514 g/mol. The second kappa shape index (κ2) is 8.79. The van der Waals surface area contributed by atoms with Crippen molar-refractivity contribution in [2.45, 2.75) is 0 Å². The van der Waals surface area contributed by atoms with Crippen LogP contribution in [0.2, 0.25) is 0 Å². The summed E-state index contributed by atoms with van der Waals surface area (Å²) >= 11 is 0. The molecular weight excluding hydrogens is 490 g/mol. The number of pyridine rings is 1. The molecule has 1 N–H and O–H groups in total. The van der Waals surface area contributed by atoms with Crippen LogP contribution in [0.15, 0.2) is 134 Å². The SMILES string of the molecule is Oc1cccc2c1-c1nc3c(-c4cccc(-c5ccccn5)c4)cccc3n1-c1ccccc1-c1ccccc1-2. The summed E-state index contributed by atoms with van der Waals surface area (Å²) in [6.45, 7) is 0. The fourth-order valence-corrected chi connectivity index (χ4v) is 5.97. The molecule has 0 amide bonds. The second-order valence-electron chi connectivity index (χ2n) is 10.0. The molecule has 0 saturated carbocycles. The molecule has 1 aliphatic rings. The van der Waals surface area contributed by atoms with E-state index in [1.807, 2.05) is 36.5 Å². The zero-order valence-electron chi connectivity index (χ0n) is 21.5. The second-order valence-corrected chi connectivity index (χ2v) is 10.0. The first-order chi connectivity index (χ1) is 19.8. The van der Waals surface area contributed by atoms with E-state index in [1.165, 1.54) is 0 Å². The molecule has 188 valence electrons. The number of nitrogens with zero attached hydrogens (tertiary/aromatic N) is 3. The van der Waals surface area contributed by atoms with Gasteiger partial charge in [-0.1, -0.05) is 91.0 Å². The van der Waals surface area contributed by atoms with Crippen LogP contribution in [0.5, 0.6) is 5.75 Å². The van der Waals surface area contributed by atoms with Crippen molar-refractivity contribution in [2.75, 3.05) is 0 Å². The lowest BCUT2D eigenvalue weighted by atomic mass is 9.89. The summed E-state index contributed by atoms with van der Waals surface area (Å²) in [4.78, 5) is 9.85. The van der Waals surface area contributed by atoms with E-state index in [2.05, 4.69) is 101 Å². The predicted molar refractivity (Wildman–Crippen MR) is 161 cm³/mol.